The molecule has 1 aliphatic carbocycles. The normalized spacial score (nSPS) is 16.1. The highest BCUT2D eigenvalue weighted by atomic mass is 16.5. The highest BCUT2D eigenvalue weighted by Gasteiger charge is 2.21. The van der Waals surface area contributed by atoms with Crippen LogP contribution in [-0.2, 0) is 6.42 Å². The molecule has 1 aliphatic rings. The SMILES string of the molecule is CCc1nc(N)c(C)c(OC2CCC2)n1. The van der Waals surface area contributed by atoms with Crippen LogP contribution in [0.15, 0.2) is 0 Å². The molecule has 4 nitrogen and oxygen atoms in total. The standard InChI is InChI=1S/C11H17N3O/c1-3-9-13-10(12)7(2)11(14-9)15-8-5-4-6-8/h8H,3-6H2,1-2H3,(H2,12,13,14). The van der Waals surface area contributed by atoms with Gasteiger partial charge in [-0.1, -0.05) is 6.92 Å². The van der Waals surface area contributed by atoms with E-state index in [-0.39, 0.29) is 0 Å². The summed E-state index contributed by atoms with van der Waals surface area (Å²) >= 11 is 0. The number of aryl methyl sites for hydroxylation is 1. The van der Waals surface area contributed by atoms with Gasteiger partial charge in [0, 0.05) is 6.42 Å². The van der Waals surface area contributed by atoms with Gasteiger partial charge in [-0.05, 0) is 26.2 Å². The molecule has 1 saturated carbocycles. The van der Waals surface area contributed by atoms with E-state index >= 15 is 0 Å². The molecule has 82 valence electrons. The highest BCUT2D eigenvalue weighted by Crippen LogP contribution is 2.27. The maximum Gasteiger partial charge on any atom is 0.222 e. The molecule has 2 N–H and O–H groups in total. The maximum absolute atomic E-state index is 5.80. The van der Waals surface area contributed by atoms with E-state index in [1.807, 2.05) is 13.8 Å². The zero-order valence-electron chi connectivity index (χ0n) is 9.29. The second-order valence-corrected chi connectivity index (χ2v) is 3.98. The topological polar surface area (TPSA) is 61.0 Å². The highest BCUT2D eigenvalue weighted by molar-refractivity contribution is 5.44. The van der Waals surface area contributed by atoms with Crippen molar-refractivity contribution in [3.63, 3.8) is 0 Å². The Bertz CT molecular complexity index is 361. The van der Waals surface area contributed by atoms with Crippen LogP contribution >= 0.6 is 0 Å². The van der Waals surface area contributed by atoms with Crippen LogP contribution in [0, 0.1) is 6.92 Å². The summed E-state index contributed by atoms with van der Waals surface area (Å²) in [7, 11) is 0. The number of hydrogen-bond donors (Lipinski definition) is 1. The second-order valence-electron chi connectivity index (χ2n) is 3.98. The fourth-order valence-corrected chi connectivity index (χ4v) is 1.48. The third-order valence-electron chi connectivity index (χ3n) is 2.83. The van der Waals surface area contributed by atoms with Crippen LogP contribution in [0.1, 0.15) is 37.6 Å². The van der Waals surface area contributed by atoms with Crippen LogP contribution < -0.4 is 10.5 Å². The third-order valence-corrected chi connectivity index (χ3v) is 2.83. The first-order valence-corrected chi connectivity index (χ1v) is 5.50. The Morgan fingerprint density at radius 2 is 2.13 bits per heavy atom. The average Bonchev–Trinajstić information content (AvgIpc) is 2.17. The lowest BCUT2D eigenvalue weighted by molar-refractivity contribution is 0.113. The van der Waals surface area contributed by atoms with Gasteiger partial charge in [-0.2, -0.15) is 4.98 Å². The molecule has 0 spiro atoms. The van der Waals surface area contributed by atoms with E-state index in [2.05, 4.69) is 9.97 Å². The van der Waals surface area contributed by atoms with E-state index in [1.165, 1.54) is 6.42 Å². The summed E-state index contributed by atoms with van der Waals surface area (Å²) < 4.78 is 5.77. The van der Waals surface area contributed by atoms with Gasteiger partial charge in [0.25, 0.3) is 0 Å². The molecular weight excluding hydrogens is 190 g/mol. The van der Waals surface area contributed by atoms with Gasteiger partial charge in [0.1, 0.15) is 17.7 Å². The van der Waals surface area contributed by atoms with Crippen LogP contribution in [0.2, 0.25) is 0 Å². The zero-order chi connectivity index (χ0) is 10.8. The van der Waals surface area contributed by atoms with E-state index in [0.29, 0.717) is 17.8 Å². The Balaban J connectivity index is 2.23. The van der Waals surface area contributed by atoms with Crippen molar-refractivity contribution in [3.8, 4) is 5.88 Å². The van der Waals surface area contributed by atoms with E-state index in [9.17, 15) is 0 Å². The summed E-state index contributed by atoms with van der Waals surface area (Å²) in [6.07, 6.45) is 4.63. The smallest absolute Gasteiger partial charge is 0.222 e. The van der Waals surface area contributed by atoms with E-state index in [0.717, 1.165) is 30.7 Å². The van der Waals surface area contributed by atoms with Crippen LogP contribution in [-0.4, -0.2) is 16.1 Å². The third kappa shape index (κ3) is 2.03. The lowest BCUT2D eigenvalue weighted by atomic mass is 9.96. The van der Waals surface area contributed by atoms with Gasteiger partial charge in [-0.25, -0.2) is 4.98 Å². The Labute approximate surface area is 89.9 Å². The molecule has 0 radical (unpaired) electrons. The minimum atomic E-state index is 0.336. The molecule has 1 aromatic rings. The van der Waals surface area contributed by atoms with Gasteiger partial charge in [-0.15, -0.1) is 0 Å². The number of aromatic nitrogens is 2. The summed E-state index contributed by atoms with van der Waals surface area (Å²) in [5.74, 6) is 1.97. The average molecular weight is 207 g/mol. The van der Waals surface area contributed by atoms with Crippen molar-refractivity contribution in [2.75, 3.05) is 5.73 Å². The van der Waals surface area contributed by atoms with Crippen molar-refractivity contribution in [2.24, 2.45) is 0 Å². The van der Waals surface area contributed by atoms with Crippen LogP contribution in [0.4, 0.5) is 5.82 Å². The van der Waals surface area contributed by atoms with Gasteiger partial charge in [0.2, 0.25) is 5.88 Å². The van der Waals surface area contributed by atoms with Gasteiger partial charge < -0.3 is 10.5 Å². The summed E-state index contributed by atoms with van der Waals surface area (Å²) in [5, 5.41) is 0. The van der Waals surface area contributed by atoms with Crippen molar-refractivity contribution in [3.05, 3.63) is 11.4 Å². The maximum atomic E-state index is 5.80. The van der Waals surface area contributed by atoms with Crippen molar-refractivity contribution in [1.29, 1.82) is 0 Å². The molecule has 1 aromatic heterocycles. The van der Waals surface area contributed by atoms with E-state index in [1.54, 1.807) is 0 Å². The largest absolute Gasteiger partial charge is 0.474 e. The number of nitrogens with two attached hydrogens (primary N) is 1. The van der Waals surface area contributed by atoms with Crippen LogP contribution in [0.25, 0.3) is 0 Å². The quantitative estimate of drug-likeness (QED) is 0.821. The Morgan fingerprint density at radius 3 is 2.67 bits per heavy atom. The lowest BCUT2D eigenvalue weighted by Gasteiger charge is -2.26. The minimum absolute atomic E-state index is 0.336. The molecule has 0 amide bonds. The molecule has 0 atom stereocenters. The number of hydrogen-bond acceptors (Lipinski definition) is 4. The summed E-state index contributed by atoms with van der Waals surface area (Å²) in [5.41, 5.74) is 6.66. The fraction of sp³-hybridized carbons (Fsp3) is 0.636. The molecule has 1 heterocycles. The Hall–Kier alpha value is -1.32. The molecule has 0 bridgehead atoms. The number of ether oxygens (including phenoxy) is 1. The molecular formula is C11H17N3O. The van der Waals surface area contributed by atoms with Crippen LogP contribution in [0.3, 0.4) is 0 Å². The molecule has 0 aromatic carbocycles. The van der Waals surface area contributed by atoms with E-state index < -0.39 is 0 Å². The summed E-state index contributed by atoms with van der Waals surface area (Å²) in [6.45, 7) is 3.92. The monoisotopic (exact) mass is 207 g/mol. The summed E-state index contributed by atoms with van der Waals surface area (Å²) in [4.78, 5) is 8.55. The first kappa shape index (κ1) is 10.2. The Morgan fingerprint density at radius 1 is 1.40 bits per heavy atom. The first-order valence-electron chi connectivity index (χ1n) is 5.50. The molecule has 0 saturated heterocycles. The van der Waals surface area contributed by atoms with Crippen molar-refractivity contribution < 1.29 is 4.74 Å². The Kier molecular flexibility index (Phi) is 2.75. The van der Waals surface area contributed by atoms with Gasteiger partial charge in [0.05, 0.1) is 5.56 Å². The van der Waals surface area contributed by atoms with Gasteiger partial charge in [0.15, 0.2) is 0 Å². The molecule has 0 aliphatic heterocycles. The predicted molar refractivity (Wildman–Crippen MR) is 58.8 cm³/mol. The van der Waals surface area contributed by atoms with Crippen molar-refractivity contribution in [2.45, 2.75) is 45.6 Å². The molecule has 4 heteroatoms. The molecule has 1 fully saturated rings. The zero-order valence-corrected chi connectivity index (χ0v) is 9.29. The molecule has 0 unspecified atom stereocenters. The predicted octanol–water partition coefficient (Wildman–Crippen LogP) is 1.86. The first-order chi connectivity index (χ1) is 7.20. The van der Waals surface area contributed by atoms with Crippen molar-refractivity contribution in [1.82, 2.24) is 9.97 Å². The second kappa shape index (κ2) is 4.04. The van der Waals surface area contributed by atoms with Gasteiger partial charge in [-0.3, -0.25) is 0 Å². The number of nitrogens with zero attached hydrogens (tertiary/aromatic N) is 2. The molecule has 15 heavy (non-hydrogen) atoms. The lowest BCUT2D eigenvalue weighted by Crippen LogP contribution is -2.25. The van der Waals surface area contributed by atoms with Crippen LogP contribution in [0.5, 0.6) is 5.88 Å². The fourth-order valence-electron chi connectivity index (χ4n) is 1.48. The summed E-state index contributed by atoms with van der Waals surface area (Å²) in [6, 6.07) is 0. The minimum Gasteiger partial charge on any atom is -0.474 e. The number of anilines is 1. The molecule has 2 rings (SSSR count). The van der Waals surface area contributed by atoms with Gasteiger partial charge >= 0.3 is 0 Å². The number of nitrogen functional groups attached to an aromatic ring is 1. The van der Waals surface area contributed by atoms with E-state index in [4.69, 9.17) is 10.5 Å². The number of rotatable bonds is 3. The van der Waals surface area contributed by atoms with Crippen molar-refractivity contribution >= 4 is 5.82 Å².